The first-order valence-electron chi connectivity index (χ1n) is 5.86. The minimum absolute atomic E-state index is 0.0262. The van der Waals surface area contributed by atoms with Crippen molar-refractivity contribution < 1.29 is 0 Å². The van der Waals surface area contributed by atoms with Gasteiger partial charge in [-0.3, -0.25) is 4.90 Å². The number of aryl methyl sites for hydroxylation is 1. The van der Waals surface area contributed by atoms with E-state index in [2.05, 4.69) is 26.6 Å². The van der Waals surface area contributed by atoms with Crippen LogP contribution in [0.1, 0.15) is 18.7 Å². The van der Waals surface area contributed by atoms with Gasteiger partial charge in [0.1, 0.15) is 0 Å². The molecule has 0 aliphatic carbocycles. The van der Waals surface area contributed by atoms with Gasteiger partial charge in [-0.15, -0.1) is 10.2 Å². The van der Waals surface area contributed by atoms with Gasteiger partial charge in [-0.1, -0.05) is 12.2 Å². The molecule has 1 aliphatic heterocycles. The lowest BCUT2D eigenvalue weighted by molar-refractivity contribution is 0.207. The number of aromatic nitrogens is 4. The summed E-state index contributed by atoms with van der Waals surface area (Å²) in [5.74, 6) is 0.768. The van der Waals surface area contributed by atoms with Crippen LogP contribution >= 0.6 is 24.0 Å². The molecule has 1 aliphatic rings. The van der Waals surface area contributed by atoms with Crippen LogP contribution in [-0.2, 0) is 13.6 Å². The van der Waals surface area contributed by atoms with E-state index in [1.807, 2.05) is 0 Å². The van der Waals surface area contributed by atoms with E-state index in [0.29, 0.717) is 4.99 Å². The predicted molar refractivity (Wildman–Crippen MR) is 76.3 cm³/mol. The Balaban J connectivity index is 1.92. The summed E-state index contributed by atoms with van der Waals surface area (Å²) in [5, 5.41) is 12.0. The maximum atomic E-state index is 5.87. The Morgan fingerprint density at radius 2 is 2.17 bits per heavy atom. The van der Waals surface area contributed by atoms with Crippen LogP contribution in [0.2, 0.25) is 0 Å². The maximum Gasteiger partial charge on any atom is 0.188 e. The molecule has 0 unspecified atom stereocenters. The number of hydrogen-bond donors (Lipinski definition) is 1. The van der Waals surface area contributed by atoms with E-state index in [0.717, 1.165) is 38.3 Å². The molecule has 100 valence electrons. The van der Waals surface area contributed by atoms with Gasteiger partial charge < -0.3 is 5.73 Å². The summed E-state index contributed by atoms with van der Waals surface area (Å²) in [4.78, 5) is 4.44. The average molecular weight is 286 g/mol. The highest BCUT2D eigenvalue weighted by Gasteiger charge is 2.36. The molecule has 18 heavy (non-hydrogen) atoms. The number of thiocarbonyl (C=S) groups is 1. The Bertz CT molecular complexity index is 424. The molecule has 0 spiro atoms. The second-order valence-electron chi connectivity index (χ2n) is 4.53. The van der Waals surface area contributed by atoms with Crippen LogP contribution in [0.4, 0.5) is 0 Å². The van der Waals surface area contributed by atoms with E-state index in [9.17, 15) is 0 Å². The quantitative estimate of drug-likeness (QED) is 0.792. The molecule has 0 bridgehead atoms. The van der Waals surface area contributed by atoms with Crippen LogP contribution in [0.5, 0.6) is 0 Å². The Labute approximate surface area is 116 Å². The second-order valence-corrected chi connectivity index (χ2v) is 6.16. The number of nitrogens with two attached hydrogens (primary N) is 1. The number of tetrazole rings is 1. The number of likely N-dealkylation sites (tertiary alicyclic amines) is 1. The normalized spacial score (nSPS) is 19.9. The lowest BCUT2D eigenvalue weighted by atomic mass is 9.95. The van der Waals surface area contributed by atoms with Crippen molar-refractivity contribution >= 4 is 29.0 Å². The highest BCUT2D eigenvalue weighted by molar-refractivity contribution is 8.02. The van der Waals surface area contributed by atoms with Crippen LogP contribution in [0.3, 0.4) is 0 Å². The molecule has 1 aromatic heterocycles. The highest BCUT2D eigenvalue weighted by Crippen LogP contribution is 2.35. The van der Waals surface area contributed by atoms with Crippen LogP contribution in [0, 0.1) is 0 Å². The van der Waals surface area contributed by atoms with Gasteiger partial charge in [0, 0.05) is 13.1 Å². The third-order valence-electron chi connectivity index (χ3n) is 3.42. The lowest BCUT2D eigenvalue weighted by Crippen LogP contribution is -2.49. The maximum absolute atomic E-state index is 5.87. The molecule has 0 amide bonds. The first-order chi connectivity index (χ1) is 8.55. The van der Waals surface area contributed by atoms with E-state index < -0.39 is 0 Å². The minimum atomic E-state index is -0.0262. The third kappa shape index (κ3) is 2.81. The van der Waals surface area contributed by atoms with E-state index in [1.165, 1.54) is 4.80 Å². The van der Waals surface area contributed by atoms with Gasteiger partial charge in [-0.25, -0.2) is 0 Å². The fourth-order valence-corrected chi connectivity index (χ4v) is 3.46. The zero-order valence-corrected chi connectivity index (χ0v) is 12.3. The topological polar surface area (TPSA) is 72.9 Å². The first-order valence-corrected chi connectivity index (χ1v) is 7.49. The Kier molecular flexibility index (Phi) is 4.18. The first kappa shape index (κ1) is 13.7. The van der Waals surface area contributed by atoms with Gasteiger partial charge in [-0.05, 0) is 24.3 Å². The van der Waals surface area contributed by atoms with Crippen molar-refractivity contribution in [3.8, 4) is 0 Å². The molecule has 6 nitrogen and oxygen atoms in total. The molecule has 0 atom stereocenters. The average Bonchev–Trinajstić information content (AvgIpc) is 2.76. The number of nitrogens with zero attached hydrogens (tertiary/aromatic N) is 5. The largest absolute Gasteiger partial charge is 0.392 e. The SMILES string of the molecule is CSC1(C(N)=S)CCN(Cc2nnn(C)n2)CC1. The smallest absolute Gasteiger partial charge is 0.188 e. The van der Waals surface area contributed by atoms with Crippen molar-refractivity contribution in [3.05, 3.63) is 5.82 Å². The summed E-state index contributed by atoms with van der Waals surface area (Å²) in [7, 11) is 1.78. The number of hydrogen-bond acceptors (Lipinski definition) is 6. The predicted octanol–water partition coefficient (Wildman–Crippen LogP) is 0.194. The molecule has 1 fully saturated rings. The number of piperidine rings is 1. The molecule has 0 radical (unpaired) electrons. The monoisotopic (exact) mass is 286 g/mol. The van der Waals surface area contributed by atoms with Gasteiger partial charge in [0.05, 0.1) is 23.3 Å². The van der Waals surface area contributed by atoms with Crippen LogP contribution in [0.15, 0.2) is 0 Å². The number of rotatable bonds is 4. The Hall–Kier alpha value is -0.730. The fourth-order valence-electron chi connectivity index (χ4n) is 2.21. The lowest BCUT2D eigenvalue weighted by Gasteiger charge is -2.39. The molecule has 2 N–H and O–H groups in total. The third-order valence-corrected chi connectivity index (χ3v) is 5.35. The van der Waals surface area contributed by atoms with Gasteiger partial charge in [0.15, 0.2) is 5.82 Å². The fraction of sp³-hybridized carbons (Fsp3) is 0.800. The Morgan fingerprint density at radius 1 is 1.50 bits per heavy atom. The van der Waals surface area contributed by atoms with Crippen molar-refractivity contribution in [3.63, 3.8) is 0 Å². The summed E-state index contributed by atoms with van der Waals surface area (Å²) in [6.07, 6.45) is 4.06. The van der Waals surface area contributed by atoms with Crippen molar-refractivity contribution in [2.75, 3.05) is 19.3 Å². The standard InChI is InChI=1S/C10H18N6S2/c1-15-13-8(12-14-15)7-16-5-3-10(18-2,4-6-16)9(11)17/h3-7H2,1-2H3,(H2,11,17). The highest BCUT2D eigenvalue weighted by atomic mass is 32.2. The molecule has 0 aromatic carbocycles. The van der Waals surface area contributed by atoms with Crippen molar-refractivity contribution in [2.45, 2.75) is 24.1 Å². The Morgan fingerprint density at radius 3 is 2.61 bits per heavy atom. The van der Waals surface area contributed by atoms with E-state index in [1.54, 1.807) is 18.8 Å². The van der Waals surface area contributed by atoms with E-state index in [-0.39, 0.29) is 4.75 Å². The van der Waals surface area contributed by atoms with Crippen LogP contribution in [0.25, 0.3) is 0 Å². The summed E-state index contributed by atoms with van der Waals surface area (Å²) < 4.78 is -0.0262. The molecule has 2 rings (SSSR count). The van der Waals surface area contributed by atoms with Crippen LogP contribution < -0.4 is 5.73 Å². The number of thioether (sulfide) groups is 1. The molecule has 8 heteroatoms. The van der Waals surface area contributed by atoms with E-state index >= 15 is 0 Å². The summed E-state index contributed by atoms with van der Waals surface area (Å²) in [6, 6.07) is 0. The van der Waals surface area contributed by atoms with Gasteiger partial charge in [-0.2, -0.15) is 16.6 Å². The van der Waals surface area contributed by atoms with Gasteiger partial charge >= 0.3 is 0 Å². The minimum Gasteiger partial charge on any atom is -0.392 e. The van der Waals surface area contributed by atoms with Crippen molar-refractivity contribution in [2.24, 2.45) is 12.8 Å². The molecule has 1 aromatic rings. The molecular weight excluding hydrogens is 268 g/mol. The molecular formula is C10H18N6S2. The van der Waals surface area contributed by atoms with Gasteiger partial charge in [0.25, 0.3) is 0 Å². The van der Waals surface area contributed by atoms with E-state index in [4.69, 9.17) is 18.0 Å². The second kappa shape index (κ2) is 5.50. The summed E-state index contributed by atoms with van der Waals surface area (Å²) in [5.41, 5.74) is 5.87. The zero-order valence-electron chi connectivity index (χ0n) is 10.7. The molecule has 0 saturated carbocycles. The summed E-state index contributed by atoms with van der Waals surface area (Å²) in [6.45, 7) is 2.68. The summed E-state index contributed by atoms with van der Waals surface area (Å²) >= 11 is 6.97. The zero-order chi connectivity index (χ0) is 13.2. The van der Waals surface area contributed by atoms with Crippen molar-refractivity contribution in [1.82, 2.24) is 25.1 Å². The van der Waals surface area contributed by atoms with Crippen LogP contribution in [-0.4, -0.2) is 54.2 Å². The van der Waals surface area contributed by atoms with Crippen molar-refractivity contribution in [1.29, 1.82) is 0 Å². The molecule has 1 saturated heterocycles. The van der Waals surface area contributed by atoms with Gasteiger partial charge in [0.2, 0.25) is 0 Å². The molecule has 2 heterocycles.